The summed E-state index contributed by atoms with van der Waals surface area (Å²) in [4.78, 5) is 36.2. The second kappa shape index (κ2) is 11.9. The molecule has 1 aliphatic heterocycles. The molecule has 0 spiro atoms. The van der Waals surface area contributed by atoms with Crippen molar-refractivity contribution < 1.29 is 39.2 Å². The molecule has 4 N–H and O–H groups in total. The van der Waals surface area contributed by atoms with Crippen LogP contribution in [0.15, 0.2) is 30.4 Å². The number of carbonyl (C=O) groups is 3. The summed E-state index contributed by atoms with van der Waals surface area (Å²) in [5.41, 5.74) is 0.416. The largest absolute Gasteiger partial charge is 0.507 e. The van der Waals surface area contributed by atoms with Gasteiger partial charge in [-0.2, -0.15) is 0 Å². The van der Waals surface area contributed by atoms with Crippen molar-refractivity contribution in [1.29, 1.82) is 0 Å². The Hall–Kier alpha value is -3.61. The number of benzene rings is 1. The maximum Gasteiger partial charge on any atom is 0.407 e. The monoisotopic (exact) mass is 457 g/mol. The molecule has 1 heterocycles. The Morgan fingerprint density at radius 2 is 1.97 bits per heavy atom. The molecule has 33 heavy (non-hydrogen) atoms. The molecular formula is C24H27NO8. The number of cyclic esters (lactones) is 1. The zero-order valence-corrected chi connectivity index (χ0v) is 18.6. The van der Waals surface area contributed by atoms with Gasteiger partial charge < -0.3 is 30.1 Å². The molecule has 9 nitrogen and oxygen atoms in total. The van der Waals surface area contributed by atoms with Gasteiger partial charge in [0.15, 0.2) is 12.4 Å². The van der Waals surface area contributed by atoms with Gasteiger partial charge in [0.05, 0.1) is 6.10 Å². The number of carbonyl (C=O) groups excluding carboxylic acids is 3. The van der Waals surface area contributed by atoms with Crippen LogP contribution in [0.5, 0.6) is 5.75 Å². The zero-order valence-electron chi connectivity index (χ0n) is 18.6. The van der Waals surface area contributed by atoms with Crippen molar-refractivity contribution in [3.63, 3.8) is 0 Å². The first-order valence-corrected chi connectivity index (χ1v) is 10.3. The molecule has 2 rings (SSSR count). The highest BCUT2D eigenvalue weighted by Crippen LogP contribution is 2.28. The van der Waals surface area contributed by atoms with E-state index in [1.165, 1.54) is 37.4 Å². The third-order valence-electron chi connectivity index (χ3n) is 5.05. The van der Waals surface area contributed by atoms with Crippen LogP contribution in [0.3, 0.4) is 0 Å². The van der Waals surface area contributed by atoms with Crippen LogP contribution in [0.25, 0.3) is 6.08 Å². The molecule has 4 atom stereocenters. The highest BCUT2D eigenvalue weighted by atomic mass is 16.5. The Balaban J connectivity index is 2.51. The van der Waals surface area contributed by atoms with Crippen molar-refractivity contribution in [2.75, 3.05) is 13.7 Å². The van der Waals surface area contributed by atoms with Gasteiger partial charge in [-0.15, -0.1) is 0 Å². The van der Waals surface area contributed by atoms with E-state index >= 15 is 0 Å². The second-order valence-corrected chi connectivity index (χ2v) is 7.43. The van der Waals surface area contributed by atoms with E-state index in [1.54, 1.807) is 13.8 Å². The number of alkyl carbamates (subject to hydrolysis) is 1. The van der Waals surface area contributed by atoms with E-state index in [9.17, 15) is 29.7 Å². The number of fused-ring (bicyclic) bond motifs is 1. The van der Waals surface area contributed by atoms with E-state index in [4.69, 9.17) is 9.47 Å². The summed E-state index contributed by atoms with van der Waals surface area (Å²) in [5, 5.41) is 32.9. The molecule has 0 unspecified atom stereocenters. The quantitative estimate of drug-likeness (QED) is 0.368. The summed E-state index contributed by atoms with van der Waals surface area (Å²) in [6, 6.07) is 2.78. The minimum absolute atomic E-state index is 0.108. The first-order valence-electron chi connectivity index (χ1n) is 10.3. The zero-order chi connectivity index (χ0) is 24.5. The average Bonchev–Trinajstić information content (AvgIpc) is 2.79. The molecule has 0 aliphatic carbocycles. The van der Waals surface area contributed by atoms with E-state index in [0.29, 0.717) is 5.56 Å². The number of ketones is 1. The van der Waals surface area contributed by atoms with Crippen LogP contribution in [-0.4, -0.2) is 65.1 Å². The standard InChI is InChI=1S/C24H27NO8/c1-14-9-11-20(28)22(29)19(27)8-4-7-17-16(6-5-13-32-24(31)25-3)10-12-18(26)21(17)23(30)33-15(14)2/h4,7,9-12,14-15,19,22,26-27,29H,8,13H2,1-3H3,(H,25,31)/b7-4+,11-9-/t14-,15+,19+,22+/m1/s1. The Labute approximate surface area is 191 Å². The van der Waals surface area contributed by atoms with Crippen molar-refractivity contribution >= 4 is 23.9 Å². The molecule has 1 aromatic rings. The molecule has 0 bridgehead atoms. The molecule has 0 radical (unpaired) electrons. The Bertz CT molecular complexity index is 1020. The number of nitrogens with one attached hydrogen (secondary N) is 1. The van der Waals surface area contributed by atoms with E-state index in [-0.39, 0.29) is 29.9 Å². The summed E-state index contributed by atoms with van der Waals surface area (Å²) in [6.45, 7) is 3.13. The fraction of sp³-hybridized carbons (Fsp3) is 0.375. The van der Waals surface area contributed by atoms with Crippen LogP contribution in [0.2, 0.25) is 0 Å². The molecule has 1 amide bonds. The second-order valence-electron chi connectivity index (χ2n) is 7.43. The van der Waals surface area contributed by atoms with E-state index < -0.39 is 42.1 Å². The van der Waals surface area contributed by atoms with Gasteiger partial charge in [-0.05, 0) is 31.6 Å². The van der Waals surface area contributed by atoms with Crippen LogP contribution in [0.4, 0.5) is 4.79 Å². The van der Waals surface area contributed by atoms with Gasteiger partial charge in [0.25, 0.3) is 0 Å². The number of esters is 1. The lowest BCUT2D eigenvalue weighted by atomic mass is 9.97. The smallest absolute Gasteiger partial charge is 0.407 e. The molecule has 176 valence electrons. The van der Waals surface area contributed by atoms with Gasteiger partial charge in [0.2, 0.25) is 0 Å². The summed E-state index contributed by atoms with van der Waals surface area (Å²) >= 11 is 0. The molecule has 0 aromatic heterocycles. The molecule has 0 saturated carbocycles. The number of hydrogen-bond donors (Lipinski definition) is 4. The maximum absolute atomic E-state index is 12.9. The van der Waals surface area contributed by atoms with Gasteiger partial charge in [-0.1, -0.05) is 37.0 Å². The van der Waals surface area contributed by atoms with Crippen molar-refractivity contribution in [1.82, 2.24) is 5.32 Å². The van der Waals surface area contributed by atoms with Gasteiger partial charge in [-0.25, -0.2) is 9.59 Å². The fourth-order valence-electron chi connectivity index (χ4n) is 2.89. The normalized spacial score (nSPS) is 25.4. The van der Waals surface area contributed by atoms with E-state index in [1.807, 2.05) is 0 Å². The number of rotatable bonds is 1. The van der Waals surface area contributed by atoms with Crippen molar-refractivity contribution in [3.05, 3.63) is 47.1 Å². The molecule has 1 aromatic carbocycles. The first-order chi connectivity index (χ1) is 15.6. The molecule has 9 heteroatoms. The summed E-state index contributed by atoms with van der Waals surface area (Å²) in [5.74, 6) is 3.24. The highest BCUT2D eigenvalue weighted by Gasteiger charge is 2.25. The van der Waals surface area contributed by atoms with Crippen LogP contribution in [-0.2, 0) is 14.3 Å². The van der Waals surface area contributed by atoms with Gasteiger partial charge in [-0.3, -0.25) is 4.79 Å². The number of amides is 1. The van der Waals surface area contributed by atoms with Crippen molar-refractivity contribution in [3.8, 4) is 17.6 Å². The molecule has 0 saturated heterocycles. The Kier molecular flexibility index (Phi) is 9.21. The lowest BCUT2D eigenvalue weighted by Gasteiger charge is -2.20. The first kappa shape index (κ1) is 25.6. The van der Waals surface area contributed by atoms with Gasteiger partial charge in [0.1, 0.15) is 23.5 Å². The molecule has 1 aliphatic rings. The number of aliphatic hydroxyl groups excluding tert-OH is 2. The third kappa shape index (κ3) is 6.94. The minimum atomic E-state index is -1.62. The number of aromatic hydroxyl groups is 1. The van der Waals surface area contributed by atoms with Gasteiger partial charge >= 0.3 is 12.1 Å². The fourth-order valence-corrected chi connectivity index (χ4v) is 2.89. The molecule has 0 fully saturated rings. The Morgan fingerprint density at radius 1 is 1.24 bits per heavy atom. The lowest BCUT2D eigenvalue weighted by Crippen LogP contribution is -2.32. The number of phenols is 1. The van der Waals surface area contributed by atoms with Crippen LogP contribution in [0, 0.1) is 17.8 Å². The van der Waals surface area contributed by atoms with Crippen molar-refractivity contribution in [2.24, 2.45) is 5.92 Å². The van der Waals surface area contributed by atoms with Crippen molar-refractivity contribution in [2.45, 2.75) is 38.6 Å². The maximum atomic E-state index is 12.9. The topological polar surface area (TPSA) is 142 Å². The van der Waals surface area contributed by atoms with Crippen LogP contribution >= 0.6 is 0 Å². The predicted molar refractivity (Wildman–Crippen MR) is 119 cm³/mol. The number of phenolic OH excluding ortho intramolecular Hbond substituents is 1. The SMILES string of the molecule is CNC(=O)OCC#Cc1ccc(O)c2c1/C=C/C[C@H](O)[C@H](O)C(=O)/C=C\[C@@H](C)[C@H](C)OC2=O. The predicted octanol–water partition coefficient (Wildman–Crippen LogP) is 1.55. The summed E-state index contributed by atoms with van der Waals surface area (Å²) in [7, 11) is 1.41. The minimum Gasteiger partial charge on any atom is -0.507 e. The third-order valence-corrected chi connectivity index (χ3v) is 5.05. The van der Waals surface area contributed by atoms with Crippen LogP contribution in [0.1, 0.15) is 41.8 Å². The lowest BCUT2D eigenvalue weighted by molar-refractivity contribution is -0.127. The Morgan fingerprint density at radius 3 is 2.67 bits per heavy atom. The van der Waals surface area contributed by atoms with Crippen LogP contribution < -0.4 is 5.32 Å². The summed E-state index contributed by atoms with van der Waals surface area (Å²) < 4.78 is 10.3. The molecular weight excluding hydrogens is 430 g/mol. The number of ether oxygens (including phenoxy) is 2. The average molecular weight is 457 g/mol. The van der Waals surface area contributed by atoms with Gasteiger partial charge in [0, 0.05) is 24.1 Å². The number of aliphatic hydroxyl groups is 2. The highest BCUT2D eigenvalue weighted by molar-refractivity contribution is 5.98. The number of hydrogen-bond acceptors (Lipinski definition) is 8. The van der Waals surface area contributed by atoms with E-state index in [2.05, 4.69) is 17.2 Å². The summed E-state index contributed by atoms with van der Waals surface area (Å²) in [6.07, 6.45) is 1.09. The van der Waals surface area contributed by atoms with E-state index in [0.717, 1.165) is 6.08 Å².